The fourth-order valence-corrected chi connectivity index (χ4v) is 1.09. The summed E-state index contributed by atoms with van der Waals surface area (Å²) < 4.78 is 43.3. The molecule has 2 N–H and O–H groups in total. The van der Waals surface area contributed by atoms with Crippen LogP contribution >= 0.6 is 0 Å². The number of rotatable bonds is 3. The summed E-state index contributed by atoms with van der Waals surface area (Å²) in [5.41, 5.74) is 4.99. The Morgan fingerprint density at radius 2 is 1.93 bits per heavy atom. The molecule has 78 valence electrons. The van der Waals surface area contributed by atoms with E-state index in [1.54, 1.807) is 0 Å². The quantitative estimate of drug-likeness (QED) is 0.818. The third kappa shape index (κ3) is 1.98. The Balaban J connectivity index is 3.19. The van der Waals surface area contributed by atoms with Gasteiger partial charge in [-0.2, -0.15) is 0 Å². The third-order valence-electron chi connectivity index (χ3n) is 1.82. The van der Waals surface area contributed by atoms with Gasteiger partial charge >= 0.3 is 0 Å². The summed E-state index contributed by atoms with van der Waals surface area (Å²) in [5, 5.41) is 0. The number of hydrogen-bond acceptors (Lipinski definition) is 2. The molecule has 0 aromatic heterocycles. The summed E-state index contributed by atoms with van der Waals surface area (Å²) in [6.07, 6.45) is -1.56. The molecular weight excluding hydrogens is 195 g/mol. The van der Waals surface area contributed by atoms with E-state index < -0.39 is 17.8 Å². The second-order valence-corrected chi connectivity index (χ2v) is 2.71. The summed E-state index contributed by atoms with van der Waals surface area (Å²) in [5.74, 6) is -2.23. The Bertz CT molecular complexity index is 330. The van der Waals surface area contributed by atoms with Gasteiger partial charge in [0.1, 0.15) is 11.9 Å². The van der Waals surface area contributed by atoms with Crippen LogP contribution in [0.5, 0.6) is 5.75 Å². The van der Waals surface area contributed by atoms with Gasteiger partial charge in [0.05, 0.1) is 7.11 Å². The molecule has 0 heterocycles. The highest BCUT2D eigenvalue weighted by Gasteiger charge is 2.17. The lowest BCUT2D eigenvalue weighted by Crippen LogP contribution is -2.09. The van der Waals surface area contributed by atoms with Crippen LogP contribution < -0.4 is 10.5 Å². The van der Waals surface area contributed by atoms with Crippen molar-refractivity contribution in [3.8, 4) is 5.75 Å². The number of hydrogen-bond donors (Lipinski definition) is 1. The molecule has 0 spiro atoms. The molecule has 0 bridgehead atoms. The maximum atomic E-state index is 13.1. The van der Waals surface area contributed by atoms with Gasteiger partial charge in [-0.25, -0.2) is 13.2 Å². The monoisotopic (exact) mass is 205 g/mol. The smallest absolute Gasteiger partial charge is 0.162 e. The zero-order chi connectivity index (χ0) is 10.7. The van der Waals surface area contributed by atoms with Gasteiger partial charge in [0, 0.05) is 18.2 Å². The molecule has 0 radical (unpaired) electrons. The van der Waals surface area contributed by atoms with Gasteiger partial charge in [-0.15, -0.1) is 0 Å². The van der Waals surface area contributed by atoms with Gasteiger partial charge in [-0.3, -0.25) is 0 Å². The molecule has 0 fully saturated rings. The summed E-state index contributed by atoms with van der Waals surface area (Å²) in [4.78, 5) is 0. The molecule has 0 amide bonds. The van der Waals surface area contributed by atoms with Crippen LogP contribution in [-0.2, 0) is 0 Å². The van der Waals surface area contributed by atoms with Crippen molar-refractivity contribution >= 4 is 0 Å². The first-order chi connectivity index (χ1) is 6.60. The van der Waals surface area contributed by atoms with E-state index in [9.17, 15) is 13.2 Å². The predicted molar refractivity (Wildman–Crippen MR) is 45.8 cm³/mol. The Labute approximate surface area is 79.5 Å². The lowest BCUT2D eigenvalue weighted by Gasteiger charge is -2.11. The van der Waals surface area contributed by atoms with Crippen molar-refractivity contribution in [2.45, 2.75) is 6.17 Å². The number of halogens is 3. The van der Waals surface area contributed by atoms with Crippen LogP contribution in [0.25, 0.3) is 0 Å². The number of ether oxygens (including phenoxy) is 1. The topological polar surface area (TPSA) is 35.2 Å². The largest absolute Gasteiger partial charge is 0.496 e. The van der Waals surface area contributed by atoms with Crippen molar-refractivity contribution in [2.75, 3.05) is 13.7 Å². The highest BCUT2D eigenvalue weighted by Crippen LogP contribution is 2.29. The zero-order valence-electron chi connectivity index (χ0n) is 7.56. The molecule has 14 heavy (non-hydrogen) atoms. The molecule has 1 aromatic rings. The van der Waals surface area contributed by atoms with E-state index in [2.05, 4.69) is 0 Å². The van der Waals surface area contributed by atoms with Crippen LogP contribution in [0, 0.1) is 11.6 Å². The Morgan fingerprint density at radius 1 is 1.36 bits per heavy atom. The number of alkyl halides is 1. The maximum Gasteiger partial charge on any atom is 0.162 e. The van der Waals surface area contributed by atoms with Gasteiger partial charge in [0.25, 0.3) is 0 Å². The molecule has 2 nitrogen and oxygen atoms in total. The first-order valence-electron chi connectivity index (χ1n) is 3.97. The molecular formula is C9H10F3NO. The second-order valence-electron chi connectivity index (χ2n) is 2.71. The van der Waals surface area contributed by atoms with Crippen LogP contribution in [0.1, 0.15) is 11.7 Å². The van der Waals surface area contributed by atoms with E-state index in [4.69, 9.17) is 10.5 Å². The molecule has 0 aliphatic rings. The fraction of sp³-hybridized carbons (Fsp3) is 0.333. The first kappa shape index (κ1) is 10.8. The van der Waals surface area contributed by atoms with E-state index >= 15 is 0 Å². The molecule has 0 aliphatic heterocycles. The van der Waals surface area contributed by atoms with E-state index in [1.807, 2.05) is 0 Å². The second kappa shape index (κ2) is 4.32. The van der Waals surface area contributed by atoms with Crippen LogP contribution in [0.3, 0.4) is 0 Å². The van der Waals surface area contributed by atoms with Crippen molar-refractivity contribution in [2.24, 2.45) is 5.73 Å². The summed E-state index contributed by atoms with van der Waals surface area (Å²) in [6, 6.07) is 1.55. The lowest BCUT2D eigenvalue weighted by molar-refractivity contribution is 0.327. The fourth-order valence-electron chi connectivity index (χ4n) is 1.09. The lowest BCUT2D eigenvalue weighted by atomic mass is 10.1. The minimum absolute atomic E-state index is 0.0400. The van der Waals surface area contributed by atoms with Crippen LogP contribution in [0.2, 0.25) is 0 Å². The highest BCUT2D eigenvalue weighted by molar-refractivity contribution is 5.36. The number of nitrogens with two attached hydrogens (primary N) is 1. The van der Waals surface area contributed by atoms with Gasteiger partial charge in [0.2, 0.25) is 0 Å². The van der Waals surface area contributed by atoms with Gasteiger partial charge in [-0.1, -0.05) is 0 Å². The predicted octanol–water partition coefficient (Wildman–Crippen LogP) is 1.94. The Morgan fingerprint density at radius 3 is 2.43 bits per heavy atom. The maximum absolute atomic E-state index is 13.1. The van der Waals surface area contributed by atoms with Crippen molar-refractivity contribution in [3.05, 3.63) is 29.3 Å². The standard InChI is InChI=1S/C9H10F3NO/c1-14-9-3-7(11)6(10)2-5(9)8(12)4-13/h2-3,8H,4,13H2,1H3. The molecule has 1 rings (SSSR count). The Hall–Kier alpha value is -1.23. The average Bonchev–Trinajstić information content (AvgIpc) is 2.20. The SMILES string of the molecule is COc1cc(F)c(F)cc1C(F)CN. The molecule has 1 atom stereocenters. The van der Waals surface area contributed by atoms with Crippen molar-refractivity contribution < 1.29 is 17.9 Å². The van der Waals surface area contributed by atoms with Gasteiger partial charge in [-0.05, 0) is 6.07 Å². The van der Waals surface area contributed by atoms with E-state index in [0.29, 0.717) is 0 Å². The van der Waals surface area contributed by atoms with Gasteiger partial charge in [0.15, 0.2) is 11.6 Å². The molecule has 0 saturated heterocycles. The van der Waals surface area contributed by atoms with Crippen molar-refractivity contribution in [1.29, 1.82) is 0 Å². The molecule has 0 saturated carbocycles. The molecule has 5 heteroatoms. The van der Waals surface area contributed by atoms with E-state index in [1.165, 1.54) is 7.11 Å². The van der Waals surface area contributed by atoms with Crippen molar-refractivity contribution in [3.63, 3.8) is 0 Å². The number of benzene rings is 1. The summed E-state index contributed by atoms with van der Waals surface area (Å²) in [6.45, 7) is -0.304. The first-order valence-corrected chi connectivity index (χ1v) is 3.97. The summed E-state index contributed by atoms with van der Waals surface area (Å²) in [7, 11) is 1.25. The third-order valence-corrected chi connectivity index (χ3v) is 1.82. The average molecular weight is 205 g/mol. The minimum atomic E-state index is -1.56. The highest BCUT2D eigenvalue weighted by atomic mass is 19.2. The molecule has 1 aromatic carbocycles. The van der Waals surface area contributed by atoms with E-state index in [0.717, 1.165) is 12.1 Å². The van der Waals surface area contributed by atoms with Crippen LogP contribution in [-0.4, -0.2) is 13.7 Å². The number of methoxy groups -OCH3 is 1. The normalized spacial score (nSPS) is 12.6. The molecule has 0 aliphatic carbocycles. The van der Waals surface area contributed by atoms with Crippen molar-refractivity contribution in [1.82, 2.24) is 0 Å². The minimum Gasteiger partial charge on any atom is -0.496 e. The van der Waals surface area contributed by atoms with Crippen LogP contribution in [0.4, 0.5) is 13.2 Å². The molecule has 1 unspecified atom stereocenters. The van der Waals surface area contributed by atoms with E-state index in [-0.39, 0.29) is 17.9 Å². The zero-order valence-corrected chi connectivity index (χ0v) is 7.56. The Kier molecular flexibility index (Phi) is 3.35. The van der Waals surface area contributed by atoms with Crippen LogP contribution in [0.15, 0.2) is 12.1 Å². The van der Waals surface area contributed by atoms with Gasteiger partial charge < -0.3 is 10.5 Å². The summed E-state index contributed by atoms with van der Waals surface area (Å²) >= 11 is 0.